The molecule has 104 valence electrons. The number of aromatic nitrogens is 2. The molecule has 0 spiro atoms. The number of imidazole rings is 1. The minimum absolute atomic E-state index is 0.286. The van der Waals surface area contributed by atoms with Gasteiger partial charge in [0.25, 0.3) is 0 Å². The number of rotatable bonds is 2. The molecule has 3 nitrogen and oxygen atoms in total. The van der Waals surface area contributed by atoms with Crippen molar-refractivity contribution in [3.8, 4) is 17.5 Å². The molecule has 3 rings (SSSR count). The minimum atomic E-state index is -0.286. The highest BCUT2D eigenvalue weighted by molar-refractivity contribution is 5.82. The number of halogens is 1. The van der Waals surface area contributed by atoms with Gasteiger partial charge in [-0.15, -0.1) is 0 Å². The lowest BCUT2D eigenvalue weighted by Crippen LogP contribution is -1.99. The van der Waals surface area contributed by atoms with Gasteiger partial charge in [-0.05, 0) is 44.2 Å². The Morgan fingerprint density at radius 3 is 2.76 bits per heavy atom. The first kappa shape index (κ1) is 13.3. The largest absolute Gasteiger partial charge is 0.324 e. The third-order valence-electron chi connectivity index (χ3n) is 3.56. The molecule has 0 amide bonds. The third kappa shape index (κ3) is 2.17. The molecule has 3 aromatic rings. The van der Waals surface area contributed by atoms with E-state index in [4.69, 9.17) is 5.26 Å². The van der Waals surface area contributed by atoms with Crippen molar-refractivity contribution in [2.24, 2.45) is 0 Å². The Morgan fingerprint density at radius 2 is 2.05 bits per heavy atom. The van der Waals surface area contributed by atoms with E-state index in [-0.39, 0.29) is 5.82 Å². The van der Waals surface area contributed by atoms with Crippen LogP contribution in [-0.2, 0) is 6.54 Å². The summed E-state index contributed by atoms with van der Waals surface area (Å²) >= 11 is 0. The molecular weight excluding hydrogens is 265 g/mol. The van der Waals surface area contributed by atoms with Crippen molar-refractivity contribution in [1.29, 1.82) is 5.26 Å². The van der Waals surface area contributed by atoms with Gasteiger partial charge in [-0.1, -0.05) is 11.6 Å². The molecule has 0 radical (unpaired) electrons. The summed E-state index contributed by atoms with van der Waals surface area (Å²) in [4.78, 5) is 4.54. The maximum Gasteiger partial charge on any atom is 0.144 e. The van der Waals surface area contributed by atoms with Crippen LogP contribution in [0.3, 0.4) is 0 Å². The number of nitrogens with zero attached hydrogens (tertiary/aromatic N) is 3. The number of benzene rings is 2. The molecule has 0 saturated carbocycles. The monoisotopic (exact) mass is 279 g/mol. The fourth-order valence-electron chi connectivity index (χ4n) is 2.54. The fraction of sp³-hybridized carbons (Fsp3) is 0.176. The van der Waals surface area contributed by atoms with E-state index in [2.05, 4.69) is 11.1 Å². The first-order chi connectivity index (χ1) is 10.1. The predicted octanol–water partition coefficient (Wildman–Crippen LogP) is 4.04. The van der Waals surface area contributed by atoms with E-state index in [1.807, 2.05) is 24.5 Å². The Bertz CT molecular complexity index is 872. The smallest absolute Gasteiger partial charge is 0.144 e. The minimum Gasteiger partial charge on any atom is -0.324 e. The van der Waals surface area contributed by atoms with Crippen LogP contribution in [0.4, 0.5) is 4.39 Å². The molecule has 1 aromatic heterocycles. The zero-order valence-electron chi connectivity index (χ0n) is 11.9. The van der Waals surface area contributed by atoms with Crippen molar-refractivity contribution >= 4 is 11.0 Å². The maximum absolute atomic E-state index is 14.1. The molecular formula is C17H14FN3. The van der Waals surface area contributed by atoms with Gasteiger partial charge in [0.2, 0.25) is 0 Å². The quantitative estimate of drug-likeness (QED) is 0.710. The average Bonchev–Trinajstić information content (AvgIpc) is 2.86. The van der Waals surface area contributed by atoms with Gasteiger partial charge < -0.3 is 4.57 Å². The molecule has 21 heavy (non-hydrogen) atoms. The predicted molar refractivity (Wildman–Crippen MR) is 80.3 cm³/mol. The van der Waals surface area contributed by atoms with Gasteiger partial charge in [0.05, 0.1) is 28.2 Å². The summed E-state index contributed by atoms with van der Waals surface area (Å²) in [5.74, 6) is 0.315. The van der Waals surface area contributed by atoms with Crippen LogP contribution in [0.5, 0.6) is 0 Å². The molecule has 2 aromatic carbocycles. The van der Waals surface area contributed by atoms with Crippen molar-refractivity contribution in [2.45, 2.75) is 20.4 Å². The molecule has 1 heterocycles. The van der Waals surface area contributed by atoms with E-state index in [1.165, 1.54) is 6.07 Å². The van der Waals surface area contributed by atoms with Crippen molar-refractivity contribution in [3.05, 3.63) is 53.3 Å². The van der Waals surface area contributed by atoms with Gasteiger partial charge in [0, 0.05) is 6.54 Å². The van der Waals surface area contributed by atoms with Crippen molar-refractivity contribution in [1.82, 2.24) is 9.55 Å². The molecule has 0 aliphatic rings. The highest BCUT2D eigenvalue weighted by Crippen LogP contribution is 2.28. The molecule has 0 unspecified atom stereocenters. The first-order valence-corrected chi connectivity index (χ1v) is 6.81. The molecule has 0 N–H and O–H groups in total. The van der Waals surface area contributed by atoms with E-state index >= 15 is 0 Å². The summed E-state index contributed by atoms with van der Waals surface area (Å²) in [6, 6.07) is 12.5. The maximum atomic E-state index is 14.1. The van der Waals surface area contributed by atoms with E-state index < -0.39 is 0 Å². The second-order valence-electron chi connectivity index (χ2n) is 4.98. The number of hydrogen-bond donors (Lipinski definition) is 0. The fourth-order valence-corrected chi connectivity index (χ4v) is 2.54. The molecule has 4 heteroatoms. The highest BCUT2D eigenvalue weighted by atomic mass is 19.1. The summed E-state index contributed by atoms with van der Waals surface area (Å²) in [7, 11) is 0. The molecule has 0 bridgehead atoms. The topological polar surface area (TPSA) is 41.6 Å². The van der Waals surface area contributed by atoms with Crippen LogP contribution in [-0.4, -0.2) is 9.55 Å². The Morgan fingerprint density at radius 1 is 1.24 bits per heavy atom. The lowest BCUT2D eigenvalue weighted by molar-refractivity contribution is 0.627. The van der Waals surface area contributed by atoms with Gasteiger partial charge >= 0.3 is 0 Å². The second-order valence-corrected chi connectivity index (χ2v) is 4.98. The van der Waals surface area contributed by atoms with Crippen LogP contribution < -0.4 is 0 Å². The molecule has 0 aliphatic heterocycles. The number of hydrogen-bond acceptors (Lipinski definition) is 2. The number of fused-ring (bicyclic) bond motifs is 1. The standard InChI is InChI=1S/C17H14FN3/c1-3-21-16-7-5-12(10-19)9-15(16)20-17(21)13-8-11(2)4-6-14(13)18/h4-9H,3H2,1-2H3. The van der Waals surface area contributed by atoms with Crippen LogP contribution in [0.1, 0.15) is 18.1 Å². The van der Waals surface area contributed by atoms with Crippen LogP contribution in [0.25, 0.3) is 22.4 Å². The molecule has 0 fully saturated rings. The Labute approximate surface area is 122 Å². The zero-order chi connectivity index (χ0) is 15.0. The Kier molecular flexibility index (Phi) is 3.19. The van der Waals surface area contributed by atoms with Crippen LogP contribution in [0.2, 0.25) is 0 Å². The van der Waals surface area contributed by atoms with E-state index in [1.54, 1.807) is 24.3 Å². The van der Waals surface area contributed by atoms with Gasteiger partial charge in [0.15, 0.2) is 0 Å². The SMILES string of the molecule is CCn1c(-c2cc(C)ccc2F)nc2cc(C#N)ccc21. The van der Waals surface area contributed by atoms with E-state index in [9.17, 15) is 4.39 Å². The van der Waals surface area contributed by atoms with Crippen LogP contribution in [0.15, 0.2) is 36.4 Å². The normalized spacial score (nSPS) is 10.8. The highest BCUT2D eigenvalue weighted by Gasteiger charge is 2.15. The number of nitriles is 1. The number of aryl methyl sites for hydroxylation is 2. The molecule has 0 atom stereocenters. The van der Waals surface area contributed by atoms with Crippen molar-refractivity contribution in [2.75, 3.05) is 0 Å². The van der Waals surface area contributed by atoms with E-state index in [0.717, 1.165) is 11.1 Å². The summed E-state index contributed by atoms with van der Waals surface area (Å²) in [5, 5.41) is 8.98. The Balaban J connectivity index is 2.32. The first-order valence-electron chi connectivity index (χ1n) is 6.81. The summed E-state index contributed by atoms with van der Waals surface area (Å²) in [5.41, 5.74) is 3.66. The van der Waals surface area contributed by atoms with Crippen molar-refractivity contribution in [3.63, 3.8) is 0 Å². The van der Waals surface area contributed by atoms with Gasteiger partial charge in [0.1, 0.15) is 11.6 Å². The van der Waals surface area contributed by atoms with Gasteiger partial charge in [-0.3, -0.25) is 0 Å². The van der Waals surface area contributed by atoms with E-state index in [0.29, 0.717) is 29.0 Å². The lowest BCUT2D eigenvalue weighted by Gasteiger charge is -2.07. The molecule has 0 saturated heterocycles. The van der Waals surface area contributed by atoms with Gasteiger partial charge in [-0.25, -0.2) is 9.37 Å². The Hall–Kier alpha value is -2.67. The summed E-state index contributed by atoms with van der Waals surface area (Å²) in [6.07, 6.45) is 0. The second kappa shape index (κ2) is 5.02. The molecule has 0 aliphatic carbocycles. The van der Waals surface area contributed by atoms with Crippen LogP contribution >= 0.6 is 0 Å². The third-order valence-corrected chi connectivity index (χ3v) is 3.56. The lowest BCUT2D eigenvalue weighted by atomic mass is 10.1. The summed E-state index contributed by atoms with van der Waals surface area (Å²) < 4.78 is 16.1. The summed E-state index contributed by atoms with van der Waals surface area (Å²) in [6.45, 7) is 4.61. The van der Waals surface area contributed by atoms with Crippen LogP contribution in [0, 0.1) is 24.1 Å². The van der Waals surface area contributed by atoms with Gasteiger partial charge in [-0.2, -0.15) is 5.26 Å². The van der Waals surface area contributed by atoms with Crippen molar-refractivity contribution < 1.29 is 4.39 Å². The zero-order valence-corrected chi connectivity index (χ0v) is 11.9. The average molecular weight is 279 g/mol.